The van der Waals surface area contributed by atoms with Crippen LogP contribution in [0, 0.1) is 0 Å². The fourth-order valence-electron chi connectivity index (χ4n) is 1.21. The van der Waals surface area contributed by atoms with Gasteiger partial charge in [0.05, 0.1) is 0 Å². The molecular weight excluding hydrogens is 203 g/mol. The van der Waals surface area contributed by atoms with E-state index in [4.69, 9.17) is 23.2 Å². The molecule has 1 aromatic carbocycles. The van der Waals surface area contributed by atoms with Crippen molar-refractivity contribution in [1.82, 2.24) is 0 Å². The van der Waals surface area contributed by atoms with Gasteiger partial charge in [0, 0.05) is 0 Å². The lowest BCUT2D eigenvalue weighted by molar-refractivity contribution is 0.795. The van der Waals surface area contributed by atoms with Crippen molar-refractivity contribution < 1.29 is 0 Å². The number of benzene rings is 1. The van der Waals surface area contributed by atoms with Gasteiger partial charge in [0.25, 0.3) is 0 Å². The Balaban J connectivity index is 2.59. The van der Waals surface area contributed by atoms with E-state index >= 15 is 0 Å². The van der Waals surface area contributed by atoms with Crippen molar-refractivity contribution >= 4 is 23.2 Å². The third kappa shape index (κ3) is 3.58. The predicted molar refractivity (Wildman–Crippen MR) is 59.5 cm³/mol. The molecule has 0 saturated carbocycles. The van der Waals surface area contributed by atoms with Crippen LogP contribution in [-0.4, -0.2) is 0 Å². The van der Waals surface area contributed by atoms with E-state index in [0.717, 1.165) is 12.0 Å². The van der Waals surface area contributed by atoms with Crippen molar-refractivity contribution in [3.8, 4) is 0 Å². The SMILES string of the molecule is CCCCc1ccc(C(Cl)Cl)cc1. The highest BCUT2D eigenvalue weighted by molar-refractivity contribution is 6.44. The predicted octanol–water partition coefficient (Wildman–Crippen LogP) is 4.51. The van der Waals surface area contributed by atoms with Gasteiger partial charge in [0.1, 0.15) is 4.84 Å². The monoisotopic (exact) mass is 216 g/mol. The molecule has 0 unspecified atom stereocenters. The molecule has 0 saturated heterocycles. The highest BCUT2D eigenvalue weighted by atomic mass is 35.5. The quantitative estimate of drug-likeness (QED) is 0.651. The van der Waals surface area contributed by atoms with Crippen LogP contribution in [0.3, 0.4) is 0 Å². The van der Waals surface area contributed by atoms with E-state index in [2.05, 4.69) is 19.1 Å². The average Bonchev–Trinajstić information content (AvgIpc) is 2.15. The molecule has 0 fully saturated rings. The van der Waals surface area contributed by atoms with Crippen molar-refractivity contribution in [2.75, 3.05) is 0 Å². The molecule has 0 aromatic heterocycles. The lowest BCUT2D eigenvalue weighted by Gasteiger charge is -2.03. The smallest absolute Gasteiger partial charge is 0.100 e. The molecule has 2 heteroatoms. The van der Waals surface area contributed by atoms with Gasteiger partial charge < -0.3 is 0 Å². The van der Waals surface area contributed by atoms with Gasteiger partial charge in [-0.2, -0.15) is 0 Å². The molecule has 0 spiro atoms. The minimum atomic E-state index is -0.403. The van der Waals surface area contributed by atoms with Crippen molar-refractivity contribution in [1.29, 1.82) is 0 Å². The summed E-state index contributed by atoms with van der Waals surface area (Å²) in [6.07, 6.45) is 3.62. The summed E-state index contributed by atoms with van der Waals surface area (Å²) in [5.74, 6) is 0. The molecule has 13 heavy (non-hydrogen) atoms. The molecule has 0 atom stereocenters. The molecule has 1 aromatic rings. The molecule has 0 amide bonds. The summed E-state index contributed by atoms with van der Waals surface area (Å²) in [6, 6.07) is 8.19. The van der Waals surface area contributed by atoms with E-state index < -0.39 is 4.84 Å². The summed E-state index contributed by atoms with van der Waals surface area (Å²) < 4.78 is 0. The summed E-state index contributed by atoms with van der Waals surface area (Å²) in [7, 11) is 0. The van der Waals surface area contributed by atoms with E-state index in [0.29, 0.717) is 0 Å². The number of hydrogen-bond donors (Lipinski definition) is 0. The molecule has 0 aliphatic heterocycles. The summed E-state index contributed by atoms with van der Waals surface area (Å²) in [5.41, 5.74) is 2.34. The van der Waals surface area contributed by atoms with Crippen LogP contribution in [0.4, 0.5) is 0 Å². The van der Waals surface area contributed by atoms with Crippen molar-refractivity contribution in [3.63, 3.8) is 0 Å². The van der Waals surface area contributed by atoms with Gasteiger partial charge in [0.15, 0.2) is 0 Å². The molecule has 72 valence electrons. The first-order chi connectivity index (χ1) is 6.24. The summed E-state index contributed by atoms with van der Waals surface area (Å²) in [5, 5.41) is 0. The number of hydrogen-bond acceptors (Lipinski definition) is 0. The fourth-order valence-corrected chi connectivity index (χ4v) is 1.50. The van der Waals surface area contributed by atoms with Gasteiger partial charge in [-0.15, -0.1) is 23.2 Å². The van der Waals surface area contributed by atoms with Gasteiger partial charge in [-0.05, 0) is 24.0 Å². The second kappa shape index (κ2) is 5.51. The van der Waals surface area contributed by atoms with E-state index in [1.54, 1.807) is 0 Å². The highest BCUT2D eigenvalue weighted by Crippen LogP contribution is 2.24. The Morgan fingerprint density at radius 1 is 1.15 bits per heavy atom. The number of aryl methyl sites for hydroxylation is 1. The van der Waals surface area contributed by atoms with Crippen LogP contribution in [-0.2, 0) is 6.42 Å². The first-order valence-electron chi connectivity index (χ1n) is 4.61. The summed E-state index contributed by atoms with van der Waals surface area (Å²) >= 11 is 11.5. The maximum atomic E-state index is 5.73. The van der Waals surface area contributed by atoms with Crippen molar-refractivity contribution in [2.45, 2.75) is 31.0 Å². The number of rotatable bonds is 4. The third-order valence-corrected chi connectivity index (χ3v) is 2.55. The Hall–Kier alpha value is -0.200. The van der Waals surface area contributed by atoms with Crippen LogP contribution in [0.2, 0.25) is 0 Å². The summed E-state index contributed by atoms with van der Waals surface area (Å²) in [4.78, 5) is -0.403. The first kappa shape index (κ1) is 10.9. The lowest BCUT2D eigenvalue weighted by atomic mass is 10.1. The van der Waals surface area contributed by atoms with Crippen molar-refractivity contribution in [2.24, 2.45) is 0 Å². The topological polar surface area (TPSA) is 0 Å². The zero-order chi connectivity index (χ0) is 9.68. The third-order valence-electron chi connectivity index (χ3n) is 2.05. The summed E-state index contributed by atoms with van der Waals surface area (Å²) in [6.45, 7) is 2.20. The molecular formula is C11H14Cl2. The van der Waals surface area contributed by atoms with Crippen LogP contribution < -0.4 is 0 Å². The molecule has 0 nitrogen and oxygen atoms in total. The fraction of sp³-hybridized carbons (Fsp3) is 0.455. The molecule has 0 aliphatic rings. The van der Waals surface area contributed by atoms with Gasteiger partial charge in [-0.1, -0.05) is 37.6 Å². The Bertz CT molecular complexity index is 239. The van der Waals surface area contributed by atoms with Gasteiger partial charge in [0.2, 0.25) is 0 Å². The minimum Gasteiger partial charge on any atom is -0.100 e. The van der Waals surface area contributed by atoms with Crippen LogP contribution in [0.5, 0.6) is 0 Å². The average molecular weight is 217 g/mol. The van der Waals surface area contributed by atoms with E-state index in [1.807, 2.05) is 12.1 Å². The highest BCUT2D eigenvalue weighted by Gasteiger charge is 2.01. The van der Waals surface area contributed by atoms with Crippen molar-refractivity contribution in [3.05, 3.63) is 35.4 Å². The van der Waals surface area contributed by atoms with E-state index in [9.17, 15) is 0 Å². The van der Waals surface area contributed by atoms with Gasteiger partial charge in [-0.3, -0.25) is 0 Å². The van der Waals surface area contributed by atoms with Gasteiger partial charge >= 0.3 is 0 Å². The molecule has 0 bridgehead atoms. The Labute approximate surface area is 89.9 Å². The maximum absolute atomic E-state index is 5.73. The van der Waals surface area contributed by atoms with Gasteiger partial charge in [-0.25, -0.2) is 0 Å². The number of unbranched alkanes of at least 4 members (excludes halogenated alkanes) is 1. The normalized spacial score (nSPS) is 10.8. The van der Waals surface area contributed by atoms with E-state index in [1.165, 1.54) is 18.4 Å². The Morgan fingerprint density at radius 3 is 2.23 bits per heavy atom. The number of alkyl halides is 2. The lowest BCUT2D eigenvalue weighted by Crippen LogP contribution is -1.86. The minimum absolute atomic E-state index is 0.403. The maximum Gasteiger partial charge on any atom is 0.132 e. The molecule has 0 heterocycles. The second-order valence-corrected chi connectivity index (χ2v) is 4.24. The van der Waals surface area contributed by atoms with Crippen LogP contribution >= 0.6 is 23.2 Å². The molecule has 0 N–H and O–H groups in total. The zero-order valence-corrected chi connectivity index (χ0v) is 9.28. The first-order valence-corrected chi connectivity index (χ1v) is 5.48. The van der Waals surface area contributed by atoms with E-state index in [-0.39, 0.29) is 0 Å². The Morgan fingerprint density at radius 2 is 1.77 bits per heavy atom. The second-order valence-electron chi connectivity index (χ2n) is 3.15. The van der Waals surface area contributed by atoms with Crippen LogP contribution in [0.1, 0.15) is 35.7 Å². The van der Waals surface area contributed by atoms with Crippen LogP contribution in [0.15, 0.2) is 24.3 Å². The molecule has 0 aliphatic carbocycles. The van der Waals surface area contributed by atoms with Crippen LogP contribution in [0.25, 0.3) is 0 Å². The standard InChI is InChI=1S/C11H14Cl2/c1-2-3-4-9-5-7-10(8-6-9)11(12)13/h5-8,11H,2-4H2,1H3. The molecule has 0 radical (unpaired) electrons. The largest absolute Gasteiger partial charge is 0.132 e. The molecule has 1 rings (SSSR count). The number of halogens is 2. The zero-order valence-electron chi connectivity index (χ0n) is 7.76. The Kier molecular flexibility index (Phi) is 4.61.